The first-order chi connectivity index (χ1) is 10.8. The summed E-state index contributed by atoms with van der Waals surface area (Å²) >= 11 is 1.63. The Bertz CT molecular complexity index is 839. The molecule has 4 heteroatoms. The number of Topliss-reactive ketones (excluding diaryl/α,β-unsaturated/α-hetero) is 1. The van der Waals surface area contributed by atoms with E-state index in [4.69, 9.17) is 4.98 Å². The van der Waals surface area contributed by atoms with Gasteiger partial charge in [0.15, 0.2) is 5.78 Å². The van der Waals surface area contributed by atoms with Crippen LogP contribution < -0.4 is 5.32 Å². The monoisotopic (exact) mass is 308 g/mol. The van der Waals surface area contributed by atoms with Crippen LogP contribution in [0, 0.1) is 0 Å². The SMILES string of the molecule is O=C1CCCc2nc3sccc3c(NCc3ccccc3)c21. The van der Waals surface area contributed by atoms with Crippen molar-refractivity contribution in [2.75, 3.05) is 5.32 Å². The van der Waals surface area contributed by atoms with Gasteiger partial charge in [0.25, 0.3) is 0 Å². The van der Waals surface area contributed by atoms with Crippen molar-refractivity contribution in [3.63, 3.8) is 0 Å². The third kappa shape index (κ3) is 2.29. The number of rotatable bonds is 3. The number of anilines is 1. The van der Waals surface area contributed by atoms with Gasteiger partial charge in [-0.05, 0) is 29.9 Å². The van der Waals surface area contributed by atoms with Crippen molar-refractivity contribution in [1.82, 2.24) is 4.98 Å². The van der Waals surface area contributed by atoms with Gasteiger partial charge in [-0.15, -0.1) is 11.3 Å². The van der Waals surface area contributed by atoms with E-state index in [-0.39, 0.29) is 5.78 Å². The van der Waals surface area contributed by atoms with Crippen LogP contribution in [0.15, 0.2) is 41.8 Å². The molecule has 3 aromatic rings. The van der Waals surface area contributed by atoms with Crippen LogP contribution in [-0.4, -0.2) is 10.8 Å². The molecule has 0 bridgehead atoms. The van der Waals surface area contributed by atoms with E-state index in [2.05, 4.69) is 23.5 Å². The van der Waals surface area contributed by atoms with Gasteiger partial charge in [-0.2, -0.15) is 0 Å². The first-order valence-electron chi connectivity index (χ1n) is 7.54. The summed E-state index contributed by atoms with van der Waals surface area (Å²) in [6.07, 6.45) is 2.44. The molecule has 0 fully saturated rings. The number of ketones is 1. The Morgan fingerprint density at radius 1 is 1.14 bits per heavy atom. The van der Waals surface area contributed by atoms with Gasteiger partial charge in [-0.3, -0.25) is 4.79 Å². The summed E-state index contributed by atoms with van der Waals surface area (Å²) < 4.78 is 0. The van der Waals surface area contributed by atoms with E-state index in [0.717, 1.165) is 46.5 Å². The third-order valence-corrected chi connectivity index (χ3v) is 4.90. The number of nitrogens with one attached hydrogen (secondary N) is 1. The lowest BCUT2D eigenvalue weighted by Gasteiger charge is -2.19. The highest BCUT2D eigenvalue weighted by Gasteiger charge is 2.24. The Morgan fingerprint density at radius 3 is 2.86 bits per heavy atom. The normalized spacial score (nSPS) is 14.1. The van der Waals surface area contributed by atoms with Gasteiger partial charge in [-0.1, -0.05) is 30.3 Å². The summed E-state index contributed by atoms with van der Waals surface area (Å²) in [5.74, 6) is 0.220. The quantitative estimate of drug-likeness (QED) is 0.778. The fourth-order valence-electron chi connectivity index (χ4n) is 3.03. The summed E-state index contributed by atoms with van der Waals surface area (Å²) in [4.78, 5) is 18.1. The molecule has 2 heterocycles. The van der Waals surface area contributed by atoms with E-state index in [1.807, 2.05) is 23.6 Å². The number of carbonyl (C=O) groups excluding carboxylic acids is 1. The highest BCUT2D eigenvalue weighted by molar-refractivity contribution is 7.16. The van der Waals surface area contributed by atoms with E-state index in [0.29, 0.717) is 6.42 Å². The minimum Gasteiger partial charge on any atom is -0.380 e. The summed E-state index contributed by atoms with van der Waals surface area (Å²) in [7, 11) is 0. The number of aromatic nitrogens is 1. The van der Waals surface area contributed by atoms with Crippen molar-refractivity contribution < 1.29 is 4.79 Å². The molecule has 3 nitrogen and oxygen atoms in total. The lowest BCUT2D eigenvalue weighted by atomic mass is 9.92. The predicted octanol–water partition coefficient (Wildman–Crippen LogP) is 4.43. The van der Waals surface area contributed by atoms with Crippen LogP contribution in [0.3, 0.4) is 0 Å². The van der Waals surface area contributed by atoms with Gasteiger partial charge < -0.3 is 5.32 Å². The average Bonchev–Trinajstić information content (AvgIpc) is 3.01. The van der Waals surface area contributed by atoms with Crippen LogP contribution in [0.1, 0.15) is 34.5 Å². The van der Waals surface area contributed by atoms with Crippen LogP contribution in [0.4, 0.5) is 5.69 Å². The van der Waals surface area contributed by atoms with Crippen molar-refractivity contribution in [2.24, 2.45) is 0 Å². The van der Waals surface area contributed by atoms with Crippen molar-refractivity contribution in [3.8, 4) is 0 Å². The number of hydrogen-bond acceptors (Lipinski definition) is 4. The first-order valence-corrected chi connectivity index (χ1v) is 8.42. The molecule has 0 unspecified atom stereocenters. The number of aryl methyl sites for hydroxylation is 1. The van der Waals surface area contributed by atoms with E-state index < -0.39 is 0 Å². The average molecular weight is 308 g/mol. The predicted molar refractivity (Wildman–Crippen MR) is 90.7 cm³/mol. The van der Waals surface area contributed by atoms with Crippen LogP contribution in [0.25, 0.3) is 10.2 Å². The molecule has 1 aliphatic carbocycles. The Hall–Kier alpha value is -2.20. The Balaban J connectivity index is 1.79. The largest absolute Gasteiger partial charge is 0.380 e. The molecule has 0 saturated carbocycles. The maximum absolute atomic E-state index is 12.4. The Morgan fingerprint density at radius 2 is 2.00 bits per heavy atom. The molecule has 1 aliphatic rings. The fraction of sp³-hybridized carbons (Fsp3) is 0.222. The standard InChI is InChI=1S/C18H16N2OS/c21-15-8-4-7-14-16(15)17(13-9-10-22-18(13)20-14)19-11-12-5-2-1-3-6-12/h1-3,5-6,9-10H,4,7-8,11H2,(H,19,20). The molecule has 0 amide bonds. The molecule has 2 aromatic heterocycles. The second-order valence-corrected chi connectivity index (χ2v) is 6.46. The number of pyridine rings is 1. The molecule has 0 atom stereocenters. The second-order valence-electron chi connectivity index (χ2n) is 5.56. The Kier molecular flexibility index (Phi) is 3.39. The number of carbonyl (C=O) groups is 1. The van der Waals surface area contributed by atoms with Crippen LogP contribution in [0.5, 0.6) is 0 Å². The third-order valence-electron chi connectivity index (χ3n) is 4.10. The summed E-state index contributed by atoms with van der Waals surface area (Å²) in [5.41, 5.74) is 3.95. The zero-order valence-corrected chi connectivity index (χ0v) is 13.0. The van der Waals surface area contributed by atoms with Crippen LogP contribution in [-0.2, 0) is 13.0 Å². The summed E-state index contributed by atoms with van der Waals surface area (Å²) in [6, 6.07) is 12.3. The number of nitrogens with zero attached hydrogens (tertiary/aromatic N) is 1. The topological polar surface area (TPSA) is 42.0 Å². The van der Waals surface area contributed by atoms with Crippen molar-refractivity contribution >= 4 is 33.0 Å². The molecule has 4 rings (SSSR count). The molecule has 0 aliphatic heterocycles. The minimum absolute atomic E-state index is 0.220. The van der Waals surface area contributed by atoms with E-state index in [1.54, 1.807) is 11.3 Å². The van der Waals surface area contributed by atoms with E-state index >= 15 is 0 Å². The highest BCUT2D eigenvalue weighted by atomic mass is 32.1. The highest BCUT2D eigenvalue weighted by Crippen LogP contribution is 2.35. The molecule has 1 N–H and O–H groups in total. The maximum atomic E-state index is 12.4. The van der Waals surface area contributed by atoms with Crippen LogP contribution in [0.2, 0.25) is 0 Å². The van der Waals surface area contributed by atoms with Crippen molar-refractivity contribution in [3.05, 3.63) is 58.6 Å². The second kappa shape index (κ2) is 5.54. The zero-order valence-electron chi connectivity index (χ0n) is 12.1. The van der Waals surface area contributed by atoms with Crippen molar-refractivity contribution in [1.29, 1.82) is 0 Å². The number of thiophene rings is 1. The van der Waals surface area contributed by atoms with Crippen LogP contribution >= 0.6 is 11.3 Å². The Labute approximate surface area is 133 Å². The first kappa shape index (κ1) is 13.5. The number of fused-ring (bicyclic) bond motifs is 2. The maximum Gasteiger partial charge on any atom is 0.166 e. The molecule has 0 saturated heterocycles. The molecular formula is C18H16N2OS. The minimum atomic E-state index is 0.220. The van der Waals surface area contributed by atoms with Gasteiger partial charge in [-0.25, -0.2) is 4.98 Å². The van der Waals surface area contributed by atoms with Crippen molar-refractivity contribution in [2.45, 2.75) is 25.8 Å². The lowest BCUT2D eigenvalue weighted by molar-refractivity contribution is 0.0972. The zero-order chi connectivity index (χ0) is 14.9. The van der Waals surface area contributed by atoms with E-state index in [1.165, 1.54) is 5.56 Å². The van der Waals surface area contributed by atoms with Gasteiger partial charge in [0.05, 0.1) is 16.9 Å². The molecule has 22 heavy (non-hydrogen) atoms. The fourth-order valence-corrected chi connectivity index (χ4v) is 3.82. The van der Waals surface area contributed by atoms with Gasteiger partial charge >= 0.3 is 0 Å². The molecule has 0 spiro atoms. The molecular weight excluding hydrogens is 292 g/mol. The molecule has 110 valence electrons. The summed E-state index contributed by atoms with van der Waals surface area (Å²) in [6.45, 7) is 0.718. The van der Waals surface area contributed by atoms with E-state index in [9.17, 15) is 4.79 Å². The number of benzene rings is 1. The summed E-state index contributed by atoms with van der Waals surface area (Å²) in [5, 5.41) is 6.60. The molecule has 0 radical (unpaired) electrons. The van der Waals surface area contributed by atoms with Gasteiger partial charge in [0.2, 0.25) is 0 Å². The number of hydrogen-bond donors (Lipinski definition) is 1. The van der Waals surface area contributed by atoms with Gasteiger partial charge in [0, 0.05) is 18.4 Å². The molecule has 1 aromatic carbocycles. The lowest BCUT2D eigenvalue weighted by Crippen LogP contribution is -2.16. The smallest absolute Gasteiger partial charge is 0.166 e. The van der Waals surface area contributed by atoms with Gasteiger partial charge in [0.1, 0.15) is 4.83 Å².